The molecule has 1 aromatic heterocycles. The molecule has 2 aromatic rings. The minimum Gasteiger partial charge on any atom is -0.352 e. The van der Waals surface area contributed by atoms with E-state index in [0.29, 0.717) is 23.9 Å². The zero-order valence-electron chi connectivity index (χ0n) is 14.0. The quantitative estimate of drug-likeness (QED) is 0.603. The molecule has 0 radical (unpaired) electrons. The standard InChI is InChI=1S/C16H22N4O2S2/c1-4-13-10-18-15(23-13)11-20-16(17-2)19-9-12-5-7-14(8-6-12)24(3,21)22/h5-8,10H,4,9,11H2,1-3H3,(H2,17,19,20). The van der Waals surface area contributed by atoms with Crippen molar-refractivity contribution in [2.45, 2.75) is 31.3 Å². The fourth-order valence-corrected chi connectivity index (χ4v) is 3.45. The summed E-state index contributed by atoms with van der Waals surface area (Å²) >= 11 is 1.69. The first-order chi connectivity index (χ1) is 11.4. The van der Waals surface area contributed by atoms with Crippen molar-refractivity contribution in [2.24, 2.45) is 4.99 Å². The highest BCUT2D eigenvalue weighted by atomic mass is 32.2. The van der Waals surface area contributed by atoms with Gasteiger partial charge in [-0.3, -0.25) is 4.99 Å². The number of aromatic nitrogens is 1. The number of nitrogens with one attached hydrogen (secondary N) is 2. The second-order valence-corrected chi connectivity index (χ2v) is 8.48. The van der Waals surface area contributed by atoms with Gasteiger partial charge in [0, 0.05) is 30.9 Å². The van der Waals surface area contributed by atoms with Gasteiger partial charge in [-0.25, -0.2) is 13.4 Å². The number of aliphatic imine (C=N–C) groups is 1. The molecule has 1 aromatic carbocycles. The smallest absolute Gasteiger partial charge is 0.191 e. The van der Waals surface area contributed by atoms with E-state index in [1.165, 1.54) is 11.1 Å². The van der Waals surface area contributed by atoms with Crippen LogP contribution in [0.4, 0.5) is 0 Å². The Morgan fingerprint density at radius 2 is 1.88 bits per heavy atom. The lowest BCUT2D eigenvalue weighted by molar-refractivity contribution is 0.602. The van der Waals surface area contributed by atoms with Gasteiger partial charge in [-0.2, -0.15) is 0 Å². The SMILES string of the molecule is CCc1cnc(CNC(=NC)NCc2ccc(S(C)(=O)=O)cc2)s1. The number of aryl methyl sites for hydroxylation is 1. The molecule has 2 rings (SSSR count). The van der Waals surface area contributed by atoms with Crippen LogP contribution in [0.1, 0.15) is 22.4 Å². The van der Waals surface area contributed by atoms with E-state index in [4.69, 9.17) is 0 Å². The van der Waals surface area contributed by atoms with E-state index in [2.05, 4.69) is 27.5 Å². The Balaban J connectivity index is 1.87. The first-order valence-electron chi connectivity index (χ1n) is 7.59. The van der Waals surface area contributed by atoms with Crippen molar-refractivity contribution in [2.75, 3.05) is 13.3 Å². The molecule has 0 aliphatic heterocycles. The van der Waals surface area contributed by atoms with Crippen LogP contribution in [0.3, 0.4) is 0 Å². The Hall–Kier alpha value is -1.93. The molecule has 2 N–H and O–H groups in total. The maximum absolute atomic E-state index is 11.5. The van der Waals surface area contributed by atoms with Gasteiger partial charge < -0.3 is 10.6 Å². The molecular weight excluding hydrogens is 344 g/mol. The number of hydrogen-bond donors (Lipinski definition) is 2. The molecule has 0 atom stereocenters. The molecule has 130 valence electrons. The summed E-state index contributed by atoms with van der Waals surface area (Å²) < 4.78 is 22.9. The van der Waals surface area contributed by atoms with E-state index in [1.54, 1.807) is 42.6 Å². The van der Waals surface area contributed by atoms with Crippen molar-refractivity contribution in [3.8, 4) is 0 Å². The number of sulfone groups is 1. The summed E-state index contributed by atoms with van der Waals surface area (Å²) in [6.45, 7) is 3.29. The number of benzene rings is 1. The highest BCUT2D eigenvalue weighted by Gasteiger charge is 2.07. The number of nitrogens with zero attached hydrogens (tertiary/aromatic N) is 2. The lowest BCUT2D eigenvalue weighted by Gasteiger charge is -2.11. The van der Waals surface area contributed by atoms with Crippen molar-refractivity contribution in [3.05, 3.63) is 45.9 Å². The Morgan fingerprint density at radius 3 is 2.42 bits per heavy atom. The molecule has 0 aliphatic rings. The number of hydrogen-bond acceptors (Lipinski definition) is 5. The van der Waals surface area contributed by atoms with Crippen LogP contribution < -0.4 is 10.6 Å². The zero-order chi connectivity index (χ0) is 17.6. The van der Waals surface area contributed by atoms with Crippen LogP contribution in [0, 0.1) is 0 Å². The van der Waals surface area contributed by atoms with Crippen LogP contribution in [0.15, 0.2) is 40.4 Å². The summed E-state index contributed by atoms with van der Waals surface area (Å²) in [5, 5.41) is 7.44. The van der Waals surface area contributed by atoms with E-state index in [-0.39, 0.29) is 0 Å². The summed E-state index contributed by atoms with van der Waals surface area (Å²) in [5.74, 6) is 0.676. The molecule has 0 unspecified atom stereocenters. The predicted molar refractivity (Wildman–Crippen MR) is 98.1 cm³/mol. The van der Waals surface area contributed by atoms with Crippen LogP contribution in [0.2, 0.25) is 0 Å². The second-order valence-electron chi connectivity index (χ2n) is 5.27. The highest BCUT2D eigenvalue weighted by Crippen LogP contribution is 2.13. The van der Waals surface area contributed by atoms with Gasteiger partial charge in [0.1, 0.15) is 5.01 Å². The molecule has 0 amide bonds. The third-order valence-corrected chi connectivity index (χ3v) is 5.66. The number of rotatable bonds is 6. The lowest BCUT2D eigenvalue weighted by Crippen LogP contribution is -2.36. The van der Waals surface area contributed by atoms with E-state index >= 15 is 0 Å². The largest absolute Gasteiger partial charge is 0.352 e. The third-order valence-electron chi connectivity index (χ3n) is 3.39. The monoisotopic (exact) mass is 366 g/mol. The second kappa shape index (κ2) is 8.25. The van der Waals surface area contributed by atoms with Gasteiger partial charge in [-0.05, 0) is 24.1 Å². The maximum Gasteiger partial charge on any atom is 0.191 e. The van der Waals surface area contributed by atoms with E-state index in [1.807, 2.05) is 6.20 Å². The highest BCUT2D eigenvalue weighted by molar-refractivity contribution is 7.90. The van der Waals surface area contributed by atoms with Gasteiger partial charge in [-0.15, -0.1) is 11.3 Å². The first kappa shape index (κ1) is 18.4. The average Bonchev–Trinajstić information content (AvgIpc) is 3.02. The summed E-state index contributed by atoms with van der Waals surface area (Å²) in [5.41, 5.74) is 0.980. The predicted octanol–water partition coefficient (Wildman–Crippen LogP) is 1.97. The van der Waals surface area contributed by atoms with Gasteiger partial charge in [0.25, 0.3) is 0 Å². The molecule has 0 saturated carbocycles. The molecule has 0 spiro atoms. The molecule has 6 nitrogen and oxygen atoms in total. The van der Waals surface area contributed by atoms with Crippen LogP contribution >= 0.6 is 11.3 Å². The Morgan fingerprint density at radius 1 is 1.21 bits per heavy atom. The van der Waals surface area contributed by atoms with E-state index in [0.717, 1.165) is 17.0 Å². The summed E-state index contributed by atoms with van der Waals surface area (Å²) in [6.07, 6.45) is 4.10. The van der Waals surface area contributed by atoms with E-state index < -0.39 is 9.84 Å². The molecule has 0 fully saturated rings. The van der Waals surface area contributed by atoms with Gasteiger partial charge in [-0.1, -0.05) is 19.1 Å². The Kier molecular flexibility index (Phi) is 6.33. The van der Waals surface area contributed by atoms with Crippen LogP contribution in [0.5, 0.6) is 0 Å². The Labute approximate surface area is 147 Å². The molecular formula is C16H22N4O2S2. The molecule has 0 saturated heterocycles. The molecule has 0 aliphatic carbocycles. The van der Waals surface area contributed by atoms with Crippen molar-refractivity contribution in [1.82, 2.24) is 15.6 Å². The van der Waals surface area contributed by atoms with Crippen molar-refractivity contribution in [3.63, 3.8) is 0 Å². The maximum atomic E-state index is 11.5. The summed E-state index contributed by atoms with van der Waals surface area (Å²) in [7, 11) is -1.45. The van der Waals surface area contributed by atoms with Crippen molar-refractivity contribution >= 4 is 27.1 Å². The summed E-state index contributed by atoms with van der Waals surface area (Å²) in [4.78, 5) is 10.1. The first-order valence-corrected chi connectivity index (χ1v) is 10.3. The van der Waals surface area contributed by atoms with Gasteiger partial charge >= 0.3 is 0 Å². The fraction of sp³-hybridized carbons (Fsp3) is 0.375. The van der Waals surface area contributed by atoms with Crippen LogP contribution in [0.25, 0.3) is 0 Å². The van der Waals surface area contributed by atoms with Crippen molar-refractivity contribution in [1.29, 1.82) is 0 Å². The minimum atomic E-state index is -3.16. The fourth-order valence-electron chi connectivity index (χ4n) is 2.01. The molecule has 24 heavy (non-hydrogen) atoms. The topological polar surface area (TPSA) is 83.4 Å². The van der Waals surface area contributed by atoms with Gasteiger partial charge in [0.15, 0.2) is 15.8 Å². The van der Waals surface area contributed by atoms with Crippen LogP contribution in [-0.4, -0.2) is 32.7 Å². The van der Waals surface area contributed by atoms with E-state index in [9.17, 15) is 8.42 Å². The van der Waals surface area contributed by atoms with Gasteiger partial charge in [0.2, 0.25) is 0 Å². The molecule has 1 heterocycles. The normalized spacial score (nSPS) is 12.2. The average molecular weight is 367 g/mol. The Bertz CT molecular complexity index is 796. The zero-order valence-corrected chi connectivity index (χ0v) is 15.7. The lowest BCUT2D eigenvalue weighted by atomic mass is 10.2. The number of guanidine groups is 1. The third kappa shape index (κ3) is 5.31. The molecule has 8 heteroatoms. The van der Waals surface area contributed by atoms with Crippen LogP contribution in [-0.2, 0) is 29.3 Å². The number of thiazole rings is 1. The molecule has 0 bridgehead atoms. The van der Waals surface area contributed by atoms with Crippen molar-refractivity contribution < 1.29 is 8.42 Å². The van der Waals surface area contributed by atoms with Gasteiger partial charge in [0.05, 0.1) is 11.4 Å². The summed E-state index contributed by atoms with van der Waals surface area (Å²) in [6, 6.07) is 6.82. The minimum absolute atomic E-state index is 0.323.